The van der Waals surface area contributed by atoms with Gasteiger partial charge in [0.25, 0.3) is 0 Å². The maximum absolute atomic E-state index is 5.46. The van der Waals surface area contributed by atoms with Crippen LogP contribution < -0.4 is 4.43 Å². The molecule has 1 nitrogen and oxygen atoms in total. The fourth-order valence-corrected chi connectivity index (χ4v) is 2.39. The average molecular weight is 228 g/mol. The largest absolute Gasteiger partial charge is 0.553 e. The van der Waals surface area contributed by atoms with E-state index in [-0.39, 0.29) is 0 Å². The van der Waals surface area contributed by atoms with Gasteiger partial charge in [-0.15, -0.1) is 0 Å². The van der Waals surface area contributed by atoms with Crippen LogP contribution in [-0.2, 0) is 0 Å². The van der Waals surface area contributed by atoms with Crippen LogP contribution in [0.5, 0.6) is 5.75 Å². The molecule has 0 aliphatic carbocycles. The summed E-state index contributed by atoms with van der Waals surface area (Å²) >= 11 is 0. The maximum atomic E-state index is 5.46. The lowest BCUT2D eigenvalue weighted by atomic mass is 9.96. The summed E-state index contributed by atoms with van der Waals surface area (Å²) < 4.78 is 5.46. The molecule has 0 radical (unpaired) electrons. The zero-order chi connectivity index (χ0) is 11.5. The third-order valence-electron chi connectivity index (χ3n) is 3.04. The van der Waals surface area contributed by atoms with Crippen molar-refractivity contribution in [1.29, 1.82) is 0 Å². The molecule has 0 amide bonds. The number of rotatable bonds is 2. The van der Waals surface area contributed by atoms with Crippen molar-refractivity contribution >= 4 is 10.5 Å². The molecule has 0 bridgehead atoms. The molecule has 0 aromatic heterocycles. The summed E-state index contributed by atoms with van der Waals surface area (Å²) in [6.45, 7) is 4.27. The van der Waals surface area contributed by atoms with E-state index in [9.17, 15) is 0 Å². The molecule has 2 aromatic carbocycles. The summed E-state index contributed by atoms with van der Waals surface area (Å²) in [6.07, 6.45) is 0. The molecule has 0 fully saturated rings. The SMILES string of the molecule is Cc1c(O[SiH3])ccc(-c2ccccc2)c1C. The van der Waals surface area contributed by atoms with Gasteiger partial charge in [0.15, 0.2) is 0 Å². The molecule has 0 saturated heterocycles. The van der Waals surface area contributed by atoms with Crippen molar-refractivity contribution in [2.45, 2.75) is 13.8 Å². The first-order valence-corrected chi connectivity index (χ1v) is 6.25. The fourth-order valence-electron chi connectivity index (χ4n) is 1.95. The second-order valence-electron chi connectivity index (χ2n) is 3.93. The van der Waals surface area contributed by atoms with Gasteiger partial charge in [0.2, 0.25) is 10.5 Å². The van der Waals surface area contributed by atoms with Gasteiger partial charge in [-0.05, 0) is 42.2 Å². The minimum Gasteiger partial charge on any atom is -0.553 e. The molecule has 0 atom stereocenters. The molecule has 0 spiro atoms. The van der Waals surface area contributed by atoms with E-state index in [0.717, 1.165) is 16.2 Å². The van der Waals surface area contributed by atoms with Gasteiger partial charge in [-0.3, -0.25) is 0 Å². The Balaban J connectivity index is 2.56. The van der Waals surface area contributed by atoms with Gasteiger partial charge in [-0.2, -0.15) is 0 Å². The first-order valence-electron chi connectivity index (χ1n) is 5.43. The summed E-state index contributed by atoms with van der Waals surface area (Å²) in [5, 5.41) is 0. The molecular formula is C14H16OSi. The number of hydrogen-bond donors (Lipinski definition) is 0. The van der Waals surface area contributed by atoms with E-state index in [4.69, 9.17) is 4.43 Å². The first kappa shape index (κ1) is 11.0. The van der Waals surface area contributed by atoms with Crippen molar-refractivity contribution in [3.05, 3.63) is 53.6 Å². The molecule has 0 aliphatic heterocycles. The first-order chi connectivity index (χ1) is 7.74. The van der Waals surface area contributed by atoms with E-state index in [1.54, 1.807) is 0 Å². The van der Waals surface area contributed by atoms with E-state index >= 15 is 0 Å². The minimum absolute atomic E-state index is 0.741. The van der Waals surface area contributed by atoms with Crippen molar-refractivity contribution < 1.29 is 4.43 Å². The standard InChI is InChI=1S/C14H16OSi/c1-10-11(2)14(15-16)9-8-13(10)12-6-4-3-5-7-12/h3-9H,1-2,16H3. The lowest BCUT2D eigenvalue weighted by Gasteiger charge is -2.13. The zero-order valence-electron chi connectivity index (χ0n) is 9.95. The Morgan fingerprint density at radius 1 is 0.875 bits per heavy atom. The summed E-state index contributed by atoms with van der Waals surface area (Å²) in [5.41, 5.74) is 5.11. The zero-order valence-corrected chi connectivity index (χ0v) is 11.9. The predicted octanol–water partition coefficient (Wildman–Crippen LogP) is 2.63. The molecule has 2 rings (SSSR count). The second kappa shape index (κ2) is 4.54. The van der Waals surface area contributed by atoms with Gasteiger partial charge in [0.1, 0.15) is 5.75 Å². The van der Waals surface area contributed by atoms with Gasteiger partial charge in [-0.25, -0.2) is 0 Å². The van der Waals surface area contributed by atoms with Gasteiger partial charge >= 0.3 is 0 Å². The second-order valence-corrected chi connectivity index (χ2v) is 4.34. The lowest BCUT2D eigenvalue weighted by Crippen LogP contribution is -1.93. The number of benzene rings is 2. The average Bonchev–Trinajstić information content (AvgIpc) is 2.34. The monoisotopic (exact) mass is 228 g/mol. The van der Waals surface area contributed by atoms with E-state index in [2.05, 4.69) is 50.2 Å². The van der Waals surface area contributed by atoms with Crippen LogP contribution >= 0.6 is 0 Å². The molecule has 0 N–H and O–H groups in total. The molecular weight excluding hydrogens is 212 g/mol. The van der Waals surface area contributed by atoms with Gasteiger partial charge in [0.05, 0.1) is 0 Å². The highest BCUT2D eigenvalue weighted by Crippen LogP contribution is 2.30. The van der Waals surface area contributed by atoms with Gasteiger partial charge in [0, 0.05) is 0 Å². The quantitative estimate of drug-likeness (QED) is 0.718. The van der Waals surface area contributed by atoms with Crippen LogP contribution in [0.4, 0.5) is 0 Å². The van der Waals surface area contributed by atoms with Crippen molar-refractivity contribution in [2.75, 3.05) is 0 Å². The summed E-state index contributed by atoms with van der Waals surface area (Å²) in [7, 11) is 0.741. The van der Waals surface area contributed by atoms with Crippen LogP contribution in [-0.4, -0.2) is 10.5 Å². The molecule has 16 heavy (non-hydrogen) atoms. The Labute approximate surface area is 99.6 Å². The Morgan fingerprint density at radius 2 is 1.56 bits per heavy atom. The molecule has 0 aliphatic rings. The Morgan fingerprint density at radius 3 is 2.19 bits per heavy atom. The summed E-state index contributed by atoms with van der Waals surface area (Å²) in [6, 6.07) is 14.7. The number of hydrogen-bond acceptors (Lipinski definition) is 1. The predicted molar refractivity (Wildman–Crippen MR) is 71.9 cm³/mol. The van der Waals surface area contributed by atoms with Gasteiger partial charge < -0.3 is 4.43 Å². The van der Waals surface area contributed by atoms with Crippen LogP contribution in [0, 0.1) is 13.8 Å². The molecule has 2 heteroatoms. The van der Waals surface area contributed by atoms with Crippen LogP contribution in [0.25, 0.3) is 11.1 Å². The van der Waals surface area contributed by atoms with E-state index in [0.29, 0.717) is 0 Å². The van der Waals surface area contributed by atoms with Crippen molar-refractivity contribution in [3.63, 3.8) is 0 Å². The maximum Gasteiger partial charge on any atom is 0.204 e. The van der Waals surface area contributed by atoms with Gasteiger partial charge in [-0.1, -0.05) is 36.4 Å². The smallest absolute Gasteiger partial charge is 0.204 e. The van der Waals surface area contributed by atoms with Crippen molar-refractivity contribution in [1.82, 2.24) is 0 Å². The molecule has 2 aromatic rings. The highest BCUT2D eigenvalue weighted by atomic mass is 28.2. The van der Waals surface area contributed by atoms with Crippen LogP contribution in [0.1, 0.15) is 11.1 Å². The van der Waals surface area contributed by atoms with Crippen LogP contribution in [0.15, 0.2) is 42.5 Å². The van der Waals surface area contributed by atoms with E-state index in [1.807, 2.05) is 6.07 Å². The summed E-state index contributed by atoms with van der Waals surface area (Å²) in [4.78, 5) is 0. The van der Waals surface area contributed by atoms with E-state index < -0.39 is 0 Å². The van der Waals surface area contributed by atoms with Crippen LogP contribution in [0.3, 0.4) is 0 Å². The minimum atomic E-state index is 0.741. The third-order valence-corrected chi connectivity index (χ3v) is 3.48. The van der Waals surface area contributed by atoms with E-state index in [1.165, 1.54) is 22.3 Å². The molecule has 0 saturated carbocycles. The Kier molecular flexibility index (Phi) is 3.11. The fraction of sp³-hybridized carbons (Fsp3) is 0.143. The normalized spacial score (nSPS) is 10.4. The Bertz CT molecular complexity index is 492. The van der Waals surface area contributed by atoms with Crippen LogP contribution in [0.2, 0.25) is 0 Å². The molecule has 0 heterocycles. The van der Waals surface area contributed by atoms with Crippen molar-refractivity contribution in [2.24, 2.45) is 0 Å². The molecule has 0 unspecified atom stereocenters. The summed E-state index contributed by atoms with van der Waals surface area (Å²) in [5.74, 6) is 1.02. The third kappa shape index (κ3) is 1.88. The van der Waals surface area contributed by atoms with Crippen molar-refractivity contribution in [3.8, 4) is 16.9 Å². The highest BCUT2D eigenvalue weighted by molar-refractivity contribution is 6.00. The lowest BCUT2D eigenvalue weighted by molar-refractivity contribution is 0.609. The molecule has 82 valence electrons. The topological polar surface area (TPSA) is 9.23 Å². The Hall–Kier alpha value is -1.54. The highest BCUT2D eigenvalue weighted by Gasteiger charge is 2.07.